The molecule has 2 N–H and O–H groups in total. The molecule has 2 rings (SSSR count). The number of benzene rings is 2. The fourth-order valence-corrected chi connectivity index (χ4v) is 2.50. The summed E-state index contributed by atoms with van der Waals surface area (Å²) in [5, 5.41) is 0. The Morgan fingerprint density at radius 2 is 1.67 bits per heavy atom. The van der Waals surface area contributed by atoms with Crippen molar-refractivity contribution in [2.24, 2.45) is 5.73 Å². The number of rotatable bonds is 2. The van der Waals surface area contributed by atoms with E-state index < -0.39 is 6.04 Å². The van der Waals surface area contributed by atoms with Gasteiger partial charge in [-0.2, -0.15) is 0 Å². The molecule has 2 aromatic rings. The number of halogens is 2. The second-order valence-electron chi connectivity index (χ2n) is 4.56. The fourth-order valence-electron chi connectivity index (χ4n) is 2.12. The Kier molecular flexibility index (Phi) is 3.83. The van der Waals surface area contributed by atoms with Crippen molar-refractivity contribution in [3.63, 3.8) is 0 Å². The van der Waals surface area contributed by atoms with Crippen molar-refractivity contribution < 1.29 is 4.39 Å². The van der Waals surface area contributed by atoms with Crippen LogP contribution in [-0.2, 0) is 0 Å². The highest BCUT2D eigenvalue weighted by atomic mass is 79.9. The van der Waals surface area contributed by atoms with E-state index in [-0.39, 0.29) is 5.82 Å². The first kappa shape index (κ1) is 13.2. The second kappa shape index (κ2) is 5.21. The third-order valence-corrected chi connectivity index (χ3v) is 3.39. The van der Waals surface area contributed by atoms with Crippen LogP contribution in [0.2, 0.25) is 0 Å². The molecule has 0 heterocycles. The van der Waals surface area contributed by atoms with Crippen molar-refractivity contribution in [3.05, 3.63) is 68.9 Å². The highest BCUT2D eigenvalue weighted by Gasteiger charge is 2.14. The molecule has 1 nitrogen and oxygen atoms in total. The van der Waals surface area contributed by atoms with Gasteiger partial charge in [0, 0.05) is 10.0 Å². The molecule has 18 heavy (non-hydrogen) atoms. The summed E-state index contributed by atoms with van der Waals surface area (Å²) < 4.78 is 14.6. The standard InChI is InChI=1S/C15H15BrFN/c1-9-5-10(2)7-11(6-9)15(18)13-8-12(16)3-4-14(13)17/h3-8,15H,18H2,1-2H3. The third-order valence-electron chi connectivity index (χ3n) is 2.90. The minimum Gasteiger partial charge on any atom is -0.320 e. The van der Waals surface area contributed by atoms with Crippen molar-refractivity contribution in [1.82, 2.24) is 0 Å². The Balaban J connectivity index is 2.47. The fraction of sp³-hybridized carbons (Fsp3) is 0.200. The Bertz CT molecular complexity index is 560. The van der Waals surface area contributed by atoms with Gasteiger partial charge in [-0.1, -0.05) is 45.3 Å². The van der Waals surface area contributed by atoms with Crippen molar-refractivity contribution in [2.45, 2.75) is 19.9 Å². The first-order valence-electron chi connectivity index (χ1n) is 5.76. The van der Waals surface area contributed by atoms with Gasteiger partial charge in [0.05, 0.1) is 6.04 Å². The van der Waals surface area contributed by atoms with E-state index in [9.17, 15) is 4.39 Å². The average Bonchev–Trinajstić information content (AvgIpc) is 2.30. The van der Waals surface area contributed by atoms with Crippen molar-refractivity contribution >= 4 is 15.9 Å². The molecule has 0 aliphatic heterocycles. The number of hydrogen-bond acceptors (Lipinski definition) is 1. The van der Waals surface area contributed by atoms with Crippen LogP contribution in [0.4, 0.5) is 4.39 Å². The quantitative estimate of drug-likeness (QED) is 0.881. The maximum atomic E-state index is 13.8. The zero-order valence-corrected chi connectivity index (χ0v) is 12.0. The van der Waals surface area contributed by atoms with Crippen LogP contribution >= 0.6 is 15.9 Å². The Hall–Kier alpha value is -1.19. The van der Waals surface area contributed by atoms with E-state index in [4.69, 9.17) is 5.73 Å². The number of hydrogen-bond donors (Lipinski definition) is 1. The van der Waals surface area contributed by atoms with E-state index in [0.29, 0.717) is 5.56 Å². The average molecular weight is 308 g/mol. The highest BCUT2D eigenvalue weighted by molar-refractivity contribution is 9.10. The molecule has 94 valence electrons. The van der Waals surface area contributed by atoms with E-state index in [1.807, 2.05) is 26.0 Å². The minimum absolute atomic E-state index is 0.273. The first-order chi connectivity index (χ1) is 8.47. The van der Waals surface area contributed by atoms with Crippen LogP contribution in [0.1, 0.15) is 28.3 Å². The van der Waals surface area contributed by atoms with Gasteiger partial charge in [-0.25, -0.2) is 4.39 Å². The molecular formula is C15H15BrFN. The van der Waals surface area contributed by atoms with Gasteiger partial charge in [-0.15, -0.1) is 0 Å². The Labute approximate surface area is 115 Å². The summed E-state index contributed by atoms with van der Waals surface area (Å²) in [5.74, 6) is -0.273. The van der Waals surface area contributed by atoms with Gasteiger partial charge >= 0.3 is 0 Å². The predicted molar refractivity (Wildman–Crippen MR) is 76.0 cm³/mol. The maximum absolute atomic E-state index is 13.8. The Morgan fingerprint density at radius 3 is 2.28 bits per heavy atom. The summed E-state index contributed by atoms with van der Waals surface area (Å²) in [7, 11) is 0. The lowest BCUT2D eigenvalue weighted by molar-refractivity contribution is 0.599. The van der Waals surface area contributed by atoms with Crippen molar-refractivity contribution in [1.29, 1.82) is 0 Å². The second-order valence-corrected chi connectivity index (χ2v) is 5.48. The molecule has 2 aromatic carbocycles. The molecule has 0 aromatic heterocycles. The lowest BCUT2D eigenvalue weighted by Crippen LogP contribution is -2.14. The van der Waals surface area contributed by atoms with Gasteiger partial charge in [-0.3, -0.25) is 0 Å². The van der Waals surface area contributed by atoms with E-state index in [0.717, 1.165) is 21.2 Å². The van der Waals surface area contributed by atoms with Gasteiger partial charge < -0.3 is 5.73 Å². The van der Waals surface area contributed by atoms with Crippen LogP contribution in [0, 0.1) is 19.7 Å². The molecule has 0 aliphatic rings. The largest absolute Gasteiger partial charge is 0.320 e. The van der Waals surface area contributed by atoms with E-state index in [1.165, 1.54) is 6.07 Å². The van der Waals surface area contributed by atoms with E-state index in [2.05, 4.69) is 22.0 Å². The van der Waals surface area contributed by atoms with Gasteiger partial charge in [0.1, 0.15) is 5.82 Å². The minimum atomic E-state index is -0.443. The summed E-state index contributed by atoms with van der Waals surface area (Å²) >= 11 is 3.34. The van der Waals surface area contributed by atoms with Gasteiger partial charge in [0.25, 0.3) is 0 Å². The zero-order valence-electron chi connectivity index (χ0n) is 10.4. The molecule has 1 atom stereocenters. The highest BCUT2D eigenvalue weighted by Crippen LogP contribution is 2.26. The summed E-state index contributed by atoms with van der Waals surface area (Å²) in [6.45, 7) is 4.03. The third kappa shape index (κ3) is 2.79. The molecule has 0 saturated heterocycles. The predicted octanol–water partition coefficient (Wildman–Crippen LogP) is 4.25. The van der Waals surface area contributed by atoms with Crippen LogP contribution < -0.4 is 5.73 Å². The number of nitrogens with two attached hydrogens (primary N) is 1. The van der Waals surface area contributed by atoms with E-state index in [1.54, 1.807) is 12.1 Å². The monoisotopic (exact) mass is 307 g/mol. The van der Waals surface area contributed by atoms with Gasteiger partial charge in [-0.05, 0) is 37.6 Å². The van der Waals surface area contributed by atoms with Crippen LogP contribution in [0.15, 0.2) is 40.9 Å². The van der Waals surface area contributed by atoms with Crippen LogP contribution in [-0.4, -0.2) is 0 Å². The molecule has 1 unspecified atom stereocenters. The lowest BCUT2D eigenvalue weighted by atomic mass is 9.96. The van der Waals surface area contributed by atoms with E-state index >= 15 is 0 Å². The SMILES string of the molecule is Cc1cc(C)cc(C(N)c2cc(Br)ccc2F)c1. The van der Waals surface area contributed by atoms with Crippen LogP contribution in [0.3, 0.4) is 0 Å². The topological polar surface area (TPSA) is 26.0 Å². The van der Waals surface area contributed by atoms with Gasteiger partial charge in [0.15, 0.2) is 0 Å². The molecule has 0 saturated carbocycles. The molecular weight excluding hydrogens is 293 g/mol. The Morgan fingerprint density at radius 1 is 1.06 bits per heavy atom. The molecule has 0 amide bonds. The molecule has 3 heteroatoms. The summed E-state index contributed by atoms with van der Waals surface area (Å²) in [4.78, 5) is 0. The van der Waals surface area contributed by atoms with Gasteiger partial charge in [0.2, 0.25) is 0 Å². The van der Waals surface area contributed by atoms with Crippen molar-refractivity contribution in [2.75, 3.05) is 0 Å². The first-order valence-corrected chi connectivity index (χ1v) is 6.55. The number of aryl methyl sites for hydroxylation is 2. The summed E-state index contributed by atoms with van der Waals surface area (Å²) in [6, 6.07) is 10.5. The summed E-state index contributed by atoms with van der Waals surface area (Å²) in [5.41, 5.74) is 9.88. The van der Waals surface area contributed by atoms with Crippen molar-refractivity contribution in [3.8, 4) is 0 Å². The molecule has 0 fully saturated rings. The zero-order chi connectivity index (χ0) is 13.3. The smallest absolute Gasteiger partial charge is 0.128 e. The van der Waals surface area contributed by atoms with Crippen LogP contribution in [0.5, 0.6) is 0 Å². The molecule has 0 bridgehead atoms. The van der Waals surface area contributed by atoms with Crippen LogP contribution in [0.25, 0.3) is 0 Å². The normalized spacial score (nSPS) is 12.5. The maximum Gasteiger partial charge on any atom is 0.128 e. The lowest BCUT2D eigenvalue weighted by Gasteiger charge is -2.15. The molecule has 0 aliphatic carbocycles. The summed E-state index contributed by atoms with van der Waals surface area (Å²) in [6.07, 6.45) is 0. The molecule has 0 radical (unpaired) electrons. The molecule has 0 spiro atoms.